The Morgan fingerprint density at radius 3 is 2.24 bits per heavy atom. The molecule has 0 amide bonds. The van der Waals surface area contributed by atoms with Crippen molar-refractivity contribution in [2.75, 3.05) is 13.2 Å². The Labute approximate surface area is 129 Å². The highest BCUT2D eigenvalue weighted by Gasteiger charge is 2.29. The maximum absolute atomic E-state index is 6.08. The summed E-state index contributed by atoms with van der Waals surface area (Å²) in [5, 5.41) is 3.52. The zero-order valence-electron chi connectivity index (χ0n) is 14.4. The predicted octanol–water partition coefficient (Wildman–Crippen LogP) is 2.89. The topological polar surface area (TPSA) is 39.7 Å². The molecule has 2 aliphatic heterocycles. The third-order valence-corrected chi connectivity index (χ3v) is 4.23. The summed E-state index contributed by atoms with van der Waals surface area (Å²) in [5.74, 6) is 0. The van der Waals surface area contributed by atoms with E-state index in [0.717, 1.165) is 38.8 Å². The highest BCUT2D eigenvalue weighted by atomic mass is 16.6. The van der Waals surface area contributed by atoms with Crippen molar-refractivity contribution in [3.05, 3.63) is 0 Å². The molecule has 124 valence electrons. The van der Waals surface area contributed by atoms with E-state index < -0.39 is 0 Å². The van der Waals surface area contributed by atoms with Crippen molar-refractivity contribution < 1.29 is 14.2 Å². The van der Waals surface area contributed by atoms with Crippen molar-refractivity contribution in [1.29, 1.82) is 0 Å². The lowest BCUT2D eigenvalue weighted by molar-refractivity contribution is -0.118. The average molecular weight is 299 g/mol. The molecule has 4 heteroatoms. The van der Waals surface area contributed by atoms with Gasteiger partial charge in [-0.15, -0.1) is 0 Å². The number of ether oxygens (including phenoxy) is 3. The summed E-state index contributed by atoms with van der Waals surface area (Å²) < 4.78 is 17.9. The van der Waals surface area contributed by atoms with Gasteiger partial charge in [-0.2, -0.15) is 0 Å². The molecule has 2 saturated heterocycles. The SMILES string of the molecule is CC1CC(OCC2CCC(CNC(C)(C)C)O2)CC(C)O1. The molecule has 4 atom stereocenters. The van der Waals surface area contributed by atoms with Crippen molar-refractivity contribution >= 4 is 0 Å². The summed E-state index contributed by atoms with van der Waals surface area (Å²) in [6.07, 6.45) is 5.83. The minimum absolute atomic E-state index is 0.159. The van der Waals surface area contributed by atoms with Crippen LogP contribution in [0.2, 0.25) is 0 Å². The molecule has 0 aromatic rings. The lowest BCUT2D eigenvalue weighted by atomic mass is 10.0. The first-order valence-corrected chi connectivity index (χ1v) is 8.49. The second-order valence-electron chi connectivity index (χ2n) is 7.77. The molecule has 0 radical (unpaired) electrons. The van der Waals surface area contributed by atoms with Crippen LogP contribution in [-0.2, 0) is 14.2 Å². The van der Waals surface area contributed by atoms with Crippen molar-refractivity contribution in [2.45, 2.75) is 96.4 Å². The third kappa shape index (κ3) is 6.23. The molecule has 2 fully saturated rings. The van der Waals surface area contributed by atoms with E-state index in [4.69, 9.17) is 14.2 Å². The van der Waals surface area contributed by atoms with Gasteiger partial charge in [-0.1, -0.05) is 0 Å². The molecule has 4 nitrogen and oxygen atoms in total. The van der Waals surface area contributed by atoms with Crippen molar-refractivity contribution in [1.82, 2.24) is 5.32 Å². The normalized spacial score (nSPS) is 37.9. The Bertz CT molecular complexity index is 306. The van der Waals surface area contributed by atoms with E-state index in [0.29, 0.717) is 24.4 Å². The lowest BCUT2D eigenvalue weighted by Crippen LogP contribution is -2.41. The molecule has 0 aromatic heterocycles. The van der Waals surface area contributed by atoms with Crippen LogP contribution in [0.25, 0.3) is 0 Å². The van der Waals surface area contributed by atoms with Crippen LogP contribution in [0, 0.1) is 0 Å². The minimum atomic E-state index is 0.159. The van der Waals surface area contributed by atoms with Gasteiger partial charge >= 0.3 is 0 Å². The van der Waals surface area contributed by atoms with Crippen LogP contribution in [0.5, 0.6) is 0 Å². The van der Waals surface area contributed by atoms with Gasteiger partial charge in [0.1, 0.15) is 0 Å². The van der Waals surface area contributed by atoms with Gasteiger partial charge < -0.3 is 19.5 Å². The molecule has 21 heavy (non-hydrogen) atoms. The highest BCUT2D eigenvalue weighted by molar-refractivity contribution is 4.80. The summed E-state index contributed by atoms with van der Waals surface area (Å²) in [6.45, 7) is 12.5. The van der Waals surface area contributed by atoms with Crippen LogP contribution < -0.4 is 5.32 Å². The van der Waals surface area contributed by atoms with E-state index >= 15 is 0 Å². The molecule has 0 aliphatic carbocycles. The van der Waals surface area contributed by atoms with E-state index in [1.54, 1.807) is 0 Å². The predicted molar refractivity (Wildman–Crippen MR) is 84.6 cm³/mol. The lowest BCUT2D eigenvalue weighted by Gasteiger charge is -2.32. The quantitative estimate of drug-likeness (QED) is 0.847. The van der Waals surface area contributed by atoms with Gasteiger partial charge in [0.05, 0.1) is 37.1 Å². The van der Waals surface area contributed by atoms with E-state index in [9.17, 15) is 0 Å². The molecule has 0 aromatic carbocycles. The maximum atomic E-state index is 6.08. The molecule has 1 N–H and O–H groups in total. The minimum Gasteiger partial charge on any atom is -0.375 e. The fraction of sp³-hybridized carbons (Fsp3) is 1.00. The van der Waals surface area contributed by atoms with E-state index in [1.165, 1.54) is 0 Å². The monoisotopic (exact) mass is 299 g/mol. The Morgan fingerprint density at radius 2 is 1.62 bits per heavy atom. The third-order valence-electron chi connectivity index (χ3n) is 4.23. The summed E-state index contributed by atoms with van der Waals surface area (Å²) in [6, 6.07) is 0. The summed E-state index contributed by atoms with van der Waals surface area (Å²) in [7, 11) is 0. The molecule has 0 bridgehead atoms. The van der Waals surface area contributed by atoms with Crippen LogP contribution in [0.3, 0.4) is 0 Å². The van der Waals surface area contributed by atoms with Gasteiger partial charge in [0.25, 0.3) is 0 Å². The second kappa shape index (κ2) is 7.40. The Hall–Kier alpha value is -0.160. The van der Waals surface area contributed by atoms with Crippen LogP contribution >= 0.6 is 0 Å². The van der Waals surface area contributed by atoms with E-state index in [-0.39, 0.29) is 11.6 Å². The number of rotatable bonds is 5. The first kappa shape index (κ1) is 17.2. The summed E-state index contributed by atoms with van der Waals surface area (Å²) in [4.78, 5) is 0. The zero-order valence-corrected chi connectivity index (χ0v) is 14.4. The number of nitrogens with one attached hydrogen (secondary N) is 1. The molecular weight excluding hydrogens is 266 g/mol. The molecule has 4 unspecified atom stereocenters. The second-order valence-corrected chi connectivity index (χ2v) is 7.77. The molecular formula is C17H33NO3. The Kier molecular flexibility index (Phi) is 6.06. The molecule has 2 rings (SSSR count). The standard InChI is InChI=1S/C17H33NO3/c1-12-8-16(9-13(2)20-12)19-11-15-7-6-14(21-15)10-18-17(3,4)5/h12-16,18H,6-11H2,1-5H3. The summed E-state index contributed by atoms with van der Waals surface area (Å²) >= 11 is 0. The van der Waals surface area contributed by atoms with Crippen molar-refractivity contribution in [2.24, 2.45) is 0 Å². The molecule has 2 heterocycles. The first-order chi connectivity index (χ1) is 9.82. The van der Waals surface area contributed by atoms with Crippen LogP contribution in [0.15, 0.2) is 0 Å². The number of hydrogen-bond donors (Lipinski definition) is 1. The molecule has 0 saturated carbocycles. The van der Waals surface area contributed by atoms with Gasteiger partial charge in [0, 0.05) is 12.1 Å². The Morgan fingerprint density at radius 1 is 1.00 bits per heavy atom. The largest absolute Gasteiger partial charge is 0.375 e. The summed E-state index contributed by atoms with van der Waals surface area (Å²) in [5.41, 5.74) is 0.159. The fourth-order valence-electron chi connectivity index (χ4n) is 3.20. The van der Waals surface area contributed by atoms with Crippen LogP contribution in [-0.4, -0.2) is 49.2 Å². The van der Waals surface area contributed by atoms with Gasteiger partial charge in [-0.05, 0) is 60.3 Å². The van der Waals surface area contributed by atoms with Gasteiger partial charge in [-0.25, -0.2) is 0 Å². The number of hydrogen-bond acceptors (Lipinski definition) is 4. The molecule has 0 spiro atoms. The van der Waals surface area contributed by atoms with Crippen molar-refractivity contribution in [3.8, 4) is 0 Å². The van der Waals surface area contributed by atoms with E-state index in [2.05, 4.69) is 39.9 Å². The maximum Gasteiger partial charge on any atom is 0.0814 e. The first-order valence-electron chi connectivity index (χ1n) is 8.49. The van der Waals surface area contributed by atoms with Gasteiger partial charge in [0.2, 0.25) is 0 Å². The zero-order chi connectivity index (χ0) is 15.5. The van der Waals surface area contributed by atoms with Crippen LogP contribution in [0.4, 0.5) is 0 Å². The average Bonchev–Trinajstić information content (AvgIpc) is 2.80. The highest BCUT2D eigenvalue weighted by Crippen LogP contribution is 2.24. The van der Waals surface area contributed by atoms with Crippen LogP contribution in [0.1, 0.15) is 60.3 Å². The Balaban J connectivity index is 1.64. The van der Waals surface area contributed by atoms with Gasteiger partial charge in [0.15, 0.2) is 0 Å². The smallest absolute Gasteiger partial charge is 0.0814 e. The molecule has 2 aliphatic rings. The fourth-order valence-corrected chi connectivity index (χ4v) is 3.20. The van der Waals surface area contributed by atoms with E-state index in [1.807, 2.05) is 0 Å². The van der Waals surface area contributed by atoms with Crippen molar-refractivity contribution in [3.63, 3.8) is 0 Å². The van der Waals surface area contributed by atoms with Gasteiger partial charge in [-0.3, -0.25) is 0 Å².